The van der Waals surface area contributed by atoms with E-state index in [-0.39, 0.29) is 17.6 Å². The van der Waals surface area contributed by atoms with E-state index in [1.54, 1.807) is 13.4 Å². The molecule has 5 N–H and O–H groups in total. The van der Waals surface area contributed by atoms with Crippen LogP contribution < -0.4 is 21.7 Å². The average Bonchev–Trinajstić information content (AvgIpc) is 3.38. The maximum Gasteiger partial charge on any atom is 0.407 e. The van der Waals surface area contributed by atoms with E-state index in [1.165, 1.54) is 11.9 Å². The van der Waals surface area contributed by atoms with Crippen LogP contribution in [-0.2, 0) is 21.4 Å². The number of fused-ring (bicyclic) bond motifs is 1. The summed E-state index contributed by atoms with van der Waals surface area (Å²) >= 11 is 0. The smallest absolute Gasteiger partial charge is 0.407 e. The number of imidazole rings is 1. The lowest BCUT2D eigenvalue weighted by molar-refractivity contribution is 0.0520. The molecule has 0 radical (unpaired) electrons. The van der Waals surface area contributed by atoms with Crippen molar-refractivity contribution in [3.63, 3.8) is 0 Å². The first-order valence-electron chi connectivity index (χ1n) is 15.5. The van der Waals surface area contributed by atoms with Gasteiger partial charge in [0, 0.05) is 45.5 Å². The quantitative estimate of drug-likeness (QED) is 0.178. The van der Waals surface area contributed by atoms with Crippen LogP contribution in [0.3, 0.4) is 0 Å². The number of carbonyl (C=O) groups is 2. The lowest BCUT2D eigenvalue weighted by Gasteiger charge is -2.27. The Morgan fingerprint density at radius 2 is 1.71 bits per heavy atom. The highest BCUT2D eigenvalue weighted by Gasteiger charge is 2.18. The minimum atomic E-state index is -0.534. The Morgan fingerprint density at radius 1 is 0.978 bits per heavy atom. The van der Waals surface area contributed by atoms with Gasteiger partial charge in [-0.15, -0.1) is 0 Å². The molecular weight excluding hydrogens is 574 g/mol. The summed E-state index contributed by atoms with van der Waals surface area (Å²) in [6.45, 7) is 15.7. The van der Waals surface area contributed by atoms with Gasteiger partial charge in [-0.2, -0.15) is 0 Å². The predicted octanol–water partition coefficient (Wildman–Crippen LogP) is 4.54. The summed E-state index contributed by atoms with van der Waals surface area (Å²) in [5.41, 5.74) is 8.68. The number of anilines is 2. The Bertz CT molecular complexity index is 1360. The SMILES string of the molecule is COC(CCn1cnc2c(N)ncnc21)CN(CCCCNC(=O)OC(C)(C)C)CCNC(=O)Nc1ccc(C(C)(C)C)cc1. The van der Waals surface area contributed by atoms with E-state index in [0.29, 0.717) is 49.7 Å². The second-order valence-electron chi connectivity index (χ2n) is 13.2. The summed E-state index contributed by atoms with van der Waals surface area (Å²) in [6.07, 6.45) is 5.03. The molecule has 0 saturated carbocycles. The van der Waals surface area contributed by atoms with Gasteiger partial charge in [-0.05, 0) is 69.7 Å². The van der Waals surface area contributed by atoms with Crippen LogP contribution in [0.5, 0.6) is 0 Å². The number of methoxy groups -OCH3 is 1. The fraction of sp³-hybridized carbons (Fsp3) is 0.594. The Morgan fingerprint density at radius 3 is 2.38 bits per heavy atom. The van der Waals surface area contributed by atoms with Gasteiger partial charge in [0.2, 0.25) is 0 Å². The first-order valence-corrected chi connectivity index (χ1v) is 15.5. The topological polar surface area (TPSA) is 162 Å². The predicted molar refractivity (Wildman–Crippen MR) is 177 cm³/mol. The van der Waals surface area contributed by atoms with Crippen molar-refractivity contribution in [2.24, 2.45) is 0 Å². The van der Waals surface area contributed by atoms with E-state index in [2.05, 4.69) is 56.6 Å². The Balaban J connectivity index is 1.53. The molecule has 13 heteroatoms. The number of benzene rings is 1. The van der Waals surface area contributed by atoms with Crippen molar-refractivity contribution in [1.29, 1.82) is 0 Å². The van der Waals surface area contributed by atoms with Crippen molar-refractivity contribution in [3.8, 4) is 0 Å². The van der Waals surface area contributed by atoms with Crippen molar-refractivity contribution in [3.05, 3.63) is 42.5 Å². The number of hydrogen-bond acceptors (Lipinski definition) is 9. The number of aryl methyl sites for hydroxylation is 1. The van der Waals surface area contributed by atoms with Gasteiger partial charge in [0.25, 0.3) is 0 Å². The molecule has 45 heavy (non-hydrogen) atoms. The van der Waals surface area contributed by atoms with Crippen LogP contribution in [0.4, 0.5) is 21.1 Å². The van der Waals surface area contributed by atoms with Crippen LogP contribution in [-0.4, -0.2) is 88.1 Å². The molecule has 2 heterocycles. The van der Waals surface area contributed by atoms with Gasteiger partial charge in [0.1, 0.15) is 17.4 Å². The van der Waals surface area contributed by atoms with Crippen molar-refractivity contribution in [2.75, 3.05) is 50.9 Å². The fourth-order valence-electron chi connectivity index (χ4n) is 4.73. The third-order valence-corrected chi connectivity index (χ3v) is 7.21. The van der Waals surface area contributed by atoms with Crippen molar-refractivity contribution >= 4 is 34.8 Å². The van der Waals surface area contributed by atoms with Gasteiger partial charge in [0.15, 0.2) is 11.5 Å². The molecule has 1 atom stereocenters. The Labute approximate surface area is 266 Å². The van der Waals surface area contributed by atoms with Gasteiger partial charge in [-0.25, -0.2) is 24.5 Å². The number of nitrogens with one attached hydrogen (secondary N) is 3. The Kier molecular flexibility index (Phi) is 12.9. The summed E-state index contributed by atoms with van der Waals surface area (Å²) in [7, 11) is 1.70. The summed E-state index contributed by atoms with van der Waals surface area (Å²) in [4.78, 5) is 39.6. The number of alkyl carbamates (subject to hydrolysis) is 1. The normalized spacial score (nSPS) is 12.7. The molecule has 1 aromatic carbocycles. The van der Waals surface area contributed by atoms with Crippen LogP contribution in [0.25, 0.3) is 11.2 Å². The number of nitrogens with two attached hydrogens (primary N) is 1. The van der Waals surface area contributed by atoms with Crippen molar-refractivity contribution in [2.45, 2.75) is 84.5 Å². The van der Waals surface area contributed by atoms with Gasteiger partial charge in [-0.3, -0.25) is 4.90 Å². The Hall–Kier alpha value is -3.97. The lowest BCUT2D eigenvalue weighted by atomic mass is 9.87. The zero-order valence-electron chi connectivity index (χ0n) is 27.9. The average molecular weight is 626 g/mol. The van der Waals surface area contributed by atoms with E-state index >= 15 is 0 Å². The van der Waals surface area contributed by atoms with Gasteiger partial charge >= 0.3 is 12.1 Å². The molecule has 0 spiro atoms. The molecule has 3 aromatic rings. The zero-order chi connectivity index (χ0) is 33.0. The fourth-order valence-corrected chi connectivity index (χ4v) is 4.73. The van der Waals surface area contributed by atoms with E-state index in [1.807, 2.05) is 49.6 Å². The van der Waals surface area contributed by atoms with Crippen LogP contribution in [0, 0.1) is 0 Å². The molecule has 1 unspecified atom stereocenters. The third-order valence-electron chi connectivity index (χ3n) is 7.21. The van der Waals surface area contributed by atoms with Crippen molar-refractivity contribution < 1.29 is 19.1 Å². The molecule has 0 aliphatic carbocycles. The molecule has 248 valence electrons. The number of hydrogen-bond donors (Lipinski definition) is 4. The van der Waals surface area contributed by atoms with Gasteiger partial charge in [-0.1, -0.05) is 32.9 Å². The maximum atomic E-state index is 12.6. The molecule has 0 fully saturated rings. The van der Waals surface area contributed by atoms with E-state index in [9.17, 15) is 9.59 Å². The van der Waals surface area contributed by atoms with Crippen molar-refractivity contribution in [1.82, 2.24) is 35.1 Å². The zero-order valence-corrected chi connectivity index (χ0v) is 27.9. The summed E-state index contributed by atoms with van der Waals surface area (Å²) < 4.78 is 13.1. The van der Waals surface area contributed by atoms with Crippen LogP contribution >= 0.6 is 0 Å². The highest BCUT2D eigenvalue weighted by atomic mass is 16.6. The summed E-state index contributed by atoms with van der Waals surface area (Å²) in [6, 6.07) is 7.66. The standard InChI is InChI=1S/C32H51N9O4/c1-31(2,3)23-10-12-24(13-11-23)39-29(42)34-16-19-40(17-9-8-15-35-30(43)45-32(4,5)6)20-25(44-7)14-18-41-22-38-26-27(33)36-21-37-28(26)41/h10-13,21-22,25H,8-9,14-20H2,1-7H3,(H,35,43)(H2,33,36,37)(H2,34,39,42). The molecule has 13 nitrogen and oxygen atoms in total. The lowest BCUT2D eigenvalue weighted by Crippen LogP contribution is -2.41. The largest absolute Gasteiger partial charge is 0.444 e. The van der Waals surface area contributed by atoms with Gasteiger partial charge in [0.05, 0.1) is 12.4 Å². The number of amides is 3. The first kappa shape index (κ1) is 35.5. The minimum absolute atomic E-state index is 0.0467. The third kappa shape index (κ3) is 12.1. The highest BCUT2D eigenvalue weighted by molar-refractivity contribution is 5.89. The molecular formula is C32H51N9O4. The van der Waals surface area contributed by atoms with E-state index in [0.717, 1.165) is 31.5 Å². The molecule has 0 bridgehead atoms. The number of rotatable bonds is 15. The number of ether oxygens (including phenoxy) is 2. The molecule has 0 aliphatic heterocycles. The molecule has 2 aromatic heterocycles. The maximum absolute atomic E-state index is 12.6. The number of urea groups is 1. The number of unbranched alkanes of at least 4 members (excludes halogenated alkanes) is 1. The first-order chi connectivity index (χ1) is 21.2. The summed E-state index contributed by atoms with van der Waals surface area (Å²) in [5.74, 6) is 0.354. The molecule has 3 rings (SSSR count). The van der Waals surface area contributed by atoms with Crippen LogP contribution in [0.15, 0.2) is 36.9 Å². The minimum Gasteiger partial charge on any atom is -0.444 e. The highest BCUT2D eigenvalue weighted by Crippen LogP contribution is 2.23. The molecule has 0 aliphatic rings. The van der Waals surface area contributed by atoms with Gasteiger partial charge < -0.3 is 35.7 Å². The molecule has 0 saturated heterocycles. The van der Waals surface area contributed by atoms with E-state index in [4.69, 9.17) is 15.2 Å². The van der Waals surface area contributed by atoms with Crippen LogP contribution in [0.1, 0.15) is 66.4 Å². The number of aromatic nitrogens is 4. The summed E-state index contributed by atoms with van der Waals surface area (Å²) in [5, 5.41) is 8.70. The number of nitrogen functional groups attached to an aromatic ring is 1. The van der Waals surface area contributed by atoms with Crippen LogP contribution in [0.2, 0.25) is 0 Å². The molecule has 3 amide bonds. The monoisotopic (exact) mass is 625 g/mol. The number of carbonyl (C=O) groups excluding carboxylic acids is 2. The number of nitrogens with zero attached hydrogens (tertiary/aromatic N) is 5. The van der Waals surface area contributed by atoms with E-state index < -0.39 is 11.7 Å². The second kappa shape index (κ2) is 16.4. The second-order valence-corrected chi connectivity index (χ2v) is 13.2.